The van der Waals surface area contributed by atoms with E-state index in [0.29, 0.717) is 0 Å². The SMILES string of the molecule is CCCCCCC=CC=CCCCCCCCC(Br)CCCCCC=CCC=CCCCCCCCCBr. The fraction of sp³-hybridized carbons (Fsp3) is 0.778. The van der Waals surface area contributed by atoms with Gasteiger partial charge in [-0.2, -0.15) is 0 Å². The van der Waals surface area contributed by atoms with Gasteiger partial charge < -0.3 is 0 Å². The Hall–Kier alpha value is -0.0800. The molecular weight excluding hydrogens is 592 g/mol. The van der Waals surface area contributed by atoms with Crippen molar-refractivity contribution >= 4 is 31.9 Å². The monoisotopic (exact) mass is 654 g/mol. The molecule has 38 heavy (non-hydrogen) atoms. The first kappa shape index (κ1) is 37.9. The molecular formula is C36H64Br2. The topological polar surface area (TPSA) is 0 Å². The van der Waals surface area contributed by atoms with Gasteiger partial charge in [0.15, 0.2) is 0 Å². The Morgan fingerprint density at radius 3 is 1.34 bits per heavy atom. The van der Waals surface area contributed by atoms with E-state index >= 15 is 0 Å². The maximum absolute atomic E-state index is 3.93. The summed E-state index contributed by atoms with van der Waals surface area (Å²) in [4.78, 5) is 0.731. The van der Waals surface area contributed by atoms with Crippen molar-refractivity contribution in [3.05, 3.63) is 48.6 Å². The van der Waals surface area contributed by atoms with Crippen LogP contribution in [0.4, 0.5) is 0 Å². The standard InChI is InChI=1S/C36H64Br2/c1-2-3-4-5-6-7-8-9-12-15-18-21-24-27-30-33-36(38)34-31-28-25-22-19-16-13-10-11-14-17-20-23-26-29-32-35-37/h7-12,16,19,36H,2-6,13-15,17-18,20-35H2,1H3. The van der Waals surface area contributed by atoms with Crippen LogP contribution in [0.3, 0.4) is 0 Å². The van der Waals surface area contributed by atoms with Crippen molar-refractivity contribution in [2.75, 3.05) is 5.33 Å². The summed E-state index contributed by atoms with van der Waals surface area (Å²) in [6.45, 7) is 2.27. The van der Waals surface area contributed by atoms with Crippen LogP contribution in [0.2, 0.25) is 0 Å². The van der Waals surface area contributed by atoms with Crippen LogP contribution < -0.4 is 0 Å². The second-order valence-corrected chi connectivity index (χ2v) is 13.2. The summed E-state index contributed by atoms with van der Waals surface area (Å²) < 4.78 is 0. The molecule has 0 radical (unpaired) electrons. The third-order valence-electron chi connectivity index (χ3n) is 7.24. The molecule has 0 aliphatic carbocycles. The molecule has 0 saturated heterocycles. The quantitative estimate of drug-likeness (QED) is 0.0312. The molecule has 0 nitrogen and oxygen atoms in total. The Labute approximate surface area is 256 Å². The predicted octanol–water partition coefficient (Wildman–Crippen LogP) is 14.1. The van der Waals surface area contributed by atoms with Crippen LogP contribution in [-0.4, -0.2) is 10.2 Å². The third-order valence-corrected chi connectivity index (χ3v) is 8.72. The lowest BCUT2D eigenvalue weighted by Crippen LogP contribution is -1.97. The maximum Gasteiger partial charge on any atom is 0.0145 e. The first-order chi connectivity index (χ1) is 18.8. The van der Waals surface area contributed by atoms with Gasteiger partial charge in [-0.1, -0.05) is 171 Å². The lowest BCUT2D eigenvalue weighted by molar-refractivity contribution is 0.560. The van der Waals surface area contributed by atoms with Crippen molar-refractivity contribution in [1.82, 2.24) is 0 Å². The molecule has 222 valence electrons. The van der Waals surface area contributed by atoms with Crippen molar-refractivity contribution in [3.8, 4) is 0 Å². The molecule has 0 aromatic heterocycles. The van der Waals surface area contributed by atoms with E-state index in [0.717, 1.165) is 16.6 Å². The zero-order valence-electron chi connectivity index (χ0n) is 25.3. The first-order valence-electron chi connectivity index (χ1n) is 16.6. The molecule has 0 spiro atoms. The molecule has 0 fully saturated rings. The summed E-state index contributed by atoms with van der Waals surface area (Å²) in [6, 6.07) is 0. The predicted molar refractivity (Wildman–Crippen MR) is 184 cm³/mol. The van der Waals surface area contributed by atoms with Crippen molar-refractivity contribution in [2.45, 2.75) is 172 Å². The Kier molecular flexibility index (Phi) is 34.9. The fourth-order valence-electron chi connectivity index (χ4n) is 4.72. The number of halogens is 2. The average molecular weight is 657 g/mol. The van der Waals surface area contributed by atoms with Crippen LogP contribution in [0.15, 0.2) is 48.6 Å². The van der Waals surface area contributed by atoms with E-state index in [4.69, 9.17) is 0 Å². The largest absolute Gasteiger partial charge is 0.0928 e. The normalized spacial score (nSPS) is 13.2. The van der Waals surface area contributed by atoms with Gasteiger partial charge in [0.25, 0.3) is 0 Å². The molecule has 0 aromatic carbocycles. The highest BCUT2D eigenvalue weighted by molar-refractivity contribution is 9.09. The summed E-state index contributed by atoms with van der Waals surface area (Å²) in [7, 11) is 0. The van der Waals surface area contributed by atoms with Crippen LogP contribution in [0.1, 0.15) is 167 Å². The molecule has 0 rings (SSSR count). The molecule has 2 heteroatoms. The van der Waals surface area contributed by atoms with Gasteiger partial charge in [0.1, 0.15) is 0 Å². The molecule has 0 heterocycles. The zero-order valence-corrected chi connectivity index (χ0v) is 28.5. The number of allylic oxidation sites excluding steroid dienone is 8. The Morgan fingerprint density at radius 2 is 0.842 bits per heavy atom. The lowest BCUT2D eigenvalue weighted by Gasteiger charge is -2.09. The van der Waals surface area contributed by atoms with Gasteiger partial charge in [0.2, 0.25) is 0 Å². The highest BCUT2D eigenvalue weighted by atomic mass is 79.9. The minimum Gasteiger partial charge on any atom is -0.0928 e. The van der Waals surface area contributed by atoms with E-state index in [1.165, 1.54) is 154 Å². The maximum atomic E-state index is 3.93. The van der Waals surface area contributed by atoms with Gasteiger partial charge in [-0.05, 0) is 77.0 Å². The molecule has 0 aromatic rings. The van der Waals surface area contributed by atoms with Crippen LogP contribution in [0.25, 0.3) is 0 Å². The Bertz CT molecular complexity index is 546. The van der Waals surface area contributed by atoms with E-state index in [9.17, 15) is 0 Å². The van der Waals surface area contributed by atoms with E-state index in [-0.39, 0.29) is 0 Å². The highest BCUT2D eigenvalue weighted by Crippen LogP contribution is 2.19. The summed E-state index contributed by atoms with van der Waals surface area (Å²) in [6.07, 6.45) is 52.2. The lowest BCUT2D eigenvalue weighted by atomic mass is 10.0. The summed E-state index contributed by atoms with van der Waals surface area (Å²) in [5.74, 6) is 0. The summed E-state index contributed by atoms with van der Waals surface area (Å²) in [5, 5.41) is 1.16. The second kappa shape index (κ2) is 34.9. The van der Waals surface area contributed by atoms with Gasteiger partial charge in [0.05, 0.1) is 0 Å². The molecule has 0 aliphatic heterocycles. The highest BCUT2D eigenvalue weighted by Gasteiger charge is 2.03. The molecule has 1 unspecified atom stereocenters. The number of unbranched alkanes of at least 4 members (excludes halogenated alkanes) is 18. The van der Waals surface area contributed by atoms with Crippen molar-refractivity contribution in [1.29, 1.82) is 0 Å². The number of rotatable bonds is 30. The molecule has 1 atom stereocenters. The Balaban J connectivity index is 3.33. The van der Waals surface area contributed by atoms with Gasteiger partial charge in [-0.15, -0.1) is 0 Å². The van der Waals surface area contributed by atoms with Crippen molar-refractivity contribution < 1.29 is 0 Å². The van der Waals surface area contributed by atoms with E-state index < -0.39 is 0 Å². The van der Waals surface area contributed by atoms with Crippen molar-refractivity contribution in [2.24, 2.45) is 0 Å². The molecule has 0 aliphatic rings. The van der Waals surface area contributed by atoms with Crippen LogP contribution in [-0.2, 0) is 0 Å². The van der Waals surface area contributed by atoms with Gasteiger partial charge in [0, 0.05) is 10.2 Å². The summed E-state index contributed by atoms with van der Waals surface area (Å²) >= 11 is 7.43. The minimum absolute atomic E-state index is 0.731. The Morgan fingerprint density at radius 1 is 0.447 bits per heavy atom. The van der Waals surface area contributed by atoms with Crippen molar-refractivity contribution in [3.63, 3.8) is 0 Å². The average Bonchev–Trinajstić information content (AvgIpc) is 2.92. The van der Waals surface area contributed by atoms with Gasteiger partial charge >= 0.3 is 0 Å². The molecule has 0 amide bonds. The van der Waals surface area contributed by atoms with E-state index in [1.54, 1.807) is 0 Å². The third kappa shape index (κ3) is 33.9. The van der Waals surface area contributed by atoms with Gasteiger partial charge in [-0.25, -0.2) is 0 Å². The van der Waals surface area contributed by atoms with Crippen LogP contribution in [0.5, 0.6) is 0 Å². The first-order valence-corrected chi connectivity index (χ1v) is 18.7. The van der Waals surface area contributed by atoms with Gasteiger partial charge in [-0.3, -0.25) is 0 Å². The van der Waals surface area contributed by atoms with Crippen LogP contribution >= 0.6 is 31.9 Å². The molecule has 0 saturated carbocycles. The minimum atomic E-state index is 0.731. The van der Waals surface area contributed by atoms with Crippen LogP contribution in [0, 0.1) is 0 Å². The summed E-state index contributed by atoms with van der Waals surface area (Å²) in [5.41, 5.74) is 0. The van der Waals surface area contributed by atoms with E-state index in [2.05, 4.69) is 87.4 Å². The number of hydrogen-bond acceptors (Lipinski definition) is 0. The number of alkyl halides is 2. The zero-order chi connectivity index (χ0) is 27.6. The second-order valence-electron chi connectivity index (χ2n) is 11.1. The van der Waals surface area contributed by atoms with E-state index in [1.807, 2.05) is 0 Å². The fourth-order valence-corrected chi connectivity index (χ4v) is 5.76. The smallest absolute Gasteiger partial charge is 0.0145 e. The molecule has 0 bridgehead atoms. The number of hydrogen-bond donors (Lipinski definition) is 0. The molecule has 0 N–H and O–H groups in total.